The number of ketones is 1. The van der Waals surface area contributed by atoms with Crippen LogP contribution in [-0.4, -0.2) is 12.9 Å². The number of benzene rings is 2. The minimum Gasteiger partial charge on any atom is -0.496 e. The standard InChI is InChI=1S/C15H11ClF2O2/c1-20-15-5-3-11(16)6-10(15)8-14(19)9-2-4-12(17)13(18)7-9/h2-7H,8H2,1H3. The zero-order valence-electron chi connectivity index (χ0n) is 10.6. The molecule has 0 bridgehead atoms. The number of carbonyl (C=O) groups is 1. The van der Waals surface area contributed by atoms with Crippen LogP contribution < -0.4 is 4.74 Å². The van der Waals surface area contributed by atoms with Crippen molar-refractivity contribution in [3.63, 3.8) is 0 Å². The summed E-state index contributed by atoms with van der Waals surface area (Å²) in [7, 11) is 1.48. The highest BCUT2D eigenvalue weighted by Gasteiger charge is 2.13. The summed E-state index contributed by atoms with van der Waals surface area (Å²) >= 11 is 5.87. The van der Waals surface area contributed by atoms with Crippen LogP contribution in [0.2, 0.25) is 5.02 Å². The van der Waals surface area contributed by atoms with Gasteiger partial charge >= 0.3 is 0 Å². The van der Waals surface area contributed by atoms with E-state index in [9.17, 15) is 13.6 Å². The van der Waals surface area contributed by atoms with Crippen LogP contribution in [0, 0.1) is 11.6 Å². The molecule has 0 heterocycles. The molecule has 0 aliphatic rings. The molecular formula is C15H11ClF2O2. The van der Waals surface area contributed by atoms with E-state index in [1.165, 1.54) is 13.2 Å². The van der Waals surface area contributed by atoms with Crippen LogP contribution in [0.15, 0.2) is 36.4 Å². The van der Waals surface area contributed by atoms with Crippen molar-refractivity contribution < 1.29 is 18.3 Å². The summed E-state index contributed by atoms with van der Waals surface area (Å²) in [6.07, 6.45) is -0.00515. The molecule has 0 amide bonds. The summed E-state index contributed by atoms with van der Waals surface area (Å²) in [4.78, 5) is 12.1. The Morgan fingerprint density at radius 3 is 2.55 bits per heavy atom. The summed E-state index contributed by atoms with van der Waals surface area (Å²) in [5.41, 5.74) is 0.695. The zero-order valence-corrected chi connectivity index (χ0v) is 11.4. The number of rotatable bonds is 4. The molecule has 0 saturated carbocycles. The molecule has 0 saturated heterocycles. The summed E-state index contributed by atoms with van der Waals surface area (Å²) in [5, 5.41) is 0.471. The molecule has 20 heavy (non-hydrogen) atoms. The Kier molecular flexibility index (Phi) is 4.35. The largest absolute Gasteiger partial charge is 0.496 e. The fourth-order valence-electron chi connectivity index (χ4n) is 1.83. The minimum atomic E-state index is -1.05. The first-order chi connectivity index (χ1) is 9.51. The van der Waals surface area contributed by atoms with Gasteiger partial charge in [0.25, 0.3) is 0 Å². The fourth-order valence-corrected chi connectivity index (χ4v) is 2.02. The highest BCUT2D eigenvalue weighted by atomic mass is 35.5. The molecule has 5 heteroatoms. The third-order valence-corrected chi connectivity index (χ3v) is 3.07. The van der Waals surface area contributed by atoms with Crippen LogP contribution in [0.25, 0.3) is 0 Å². The molecule has 2 rings (SSSR count). The van der Waals surface area contributed by atoms with Gasteiger partial charge in [-0.25, -0.2) is 8.78 Å². The second-order valence-electron chi connectivity index (χ2n) is 4.19. The number of halogens is 3. The third kappa shape index (κ3) is 3.14. The van der Waals surface area contributed by atoms with Gasteiger partial charge < -0.3 is 4.74 Å². The van der Waals surface area contributed by atoms with Gasteiger partial charge in [-0.15, -0.1) is 0 Å². The van der Waals surface area contributed by atoms with E-state index in [-0.39, 0.29) is 17.8 Å². The van der Waals surface area contributed by atoms with Gasteiger partial charge in [-0.2, -0.15) is 0 Å². The van der Waals surface area contributed by atoms with Crippen LogP contribution in [0.5, 0.6) is 5.75 Å². The van der Waals surface area contributed by atoms with Gasteiger partial charge in [-0.3, -0.25) is 4.79 Å². The van der Waals surface area contributed by atoms with E-state index in [1.807, 2.05) is 0 Å². The third-order valence-electron chi connectivity index (χ3n) is 2.84. The Bertz CT molecular complexity index is 656. The lowest BCUT2D eigenvalue weighted by molar-refractivity contribution is 0.0991. The predicted octanol–water partition coefficient (Wildman–Crippen LogP) is 4.05. The van der Waals surface area contributed by atoms with Gasteiger partial charge in [0, 0.05) is 22.6 Å². The molecule has 0 aliphatic carbocycles. The van der Waals surface area contributed by atoms with Gasteiger partial charge in [0.1, 0.15) is 5.75 Å². The van der Waals surface area contributed by atoms with E-state index >= 15 is 0 Å². The Morgan fingerprint density at radius 2 is 1.90 bits per heavy atom. The van der Waals surface area contributed by atoms with Crippen molar-refractivity contribution in [1.29, 1.82) is 0 Å². The van der Waals surface area contributed by atoms with E-state index in [0.717, 1.165) is 12.1 Å². The highest BCUT2D eigenvalue weighted by Crippen LogP contribution is 2.24. The molecule has 0 aromatic heterocycles. The van der Waals surface area contributed by atoms with Crippen LogP contribution in [0.3, 0.4) is 0 Å². The average molecular weight is 297 g/mol. The molecule has 0 spiro atoms. The molecule has 0 fully saturated rings. The minimum absolute atomic E-state index is 0.00515. The fraction of sp³-hybridized carbons (Fsp3) is 0.133. The van der Waals surface area contributed by atoms with E-state index in [2.05, 4.69) is 0 Å². The van der Waals surface area contributed by atoms with Crippen LogP contribution in [0.4, 0.5) is 8.78 Å². The van der Waals surface area contributed by atoms with Crippen LogP contribution >= 0.6 is 11.6 Å². The average Bonchev–Trinajstić information content (AvgIpc) is 2.42. The molecule has 0 atom stereocenters. The SMILES string of the molecule is COc1ccc(Cl)cc1CC(=O)c1ccc(F)c(F)c1. The topological polar surface area (TPSA) is 26.3 Å². The molecule has 0 radical (unpaired) electrons. The number of hydrogen-bond acceptors (Lipinski definition) is 2. The summed E-state index contributed by atoms with van der Waals surface area (Å²) in [6.45, 7) is 0. The van der Waals surface area contributed by atoms with Gasteiger partial charge in [-0.1, -0.05) is 11.6 Å². The summed E-state index contributed by atoms with van der Waals surface area (Å²) in [6, 6.07) is 7.96. The maximum absolute atomic E-state index is 13.1. The first-order valence-electron chi connectivity index (χ1n) is 5.82. The number of hydrogen-bond donors (Lipinski definition) is 0. The molecule has 0 unspecified atom stereocenters. The lowest BCUT2D eigenvalue weighted by Gasteiger charge is -2.08. The normalized spacial score (nSPS) is 10.4. The van der Waals surface area contributed by atoms with E-state index in [4.69, 9.17) is 16.3 Å². The maximum Gasteiger partial charge on any atom is 0.167 e. The lowest BCUT2D eigenvalue weighted by atomic mass is 10.0. The van der Waals surface area contributed by atoms with Crippen molar-refractivity contribution in [2.45, 2.75) is 6.42 Å². The summed E-state index contributed by atoms with van der Waals surface area (Å²) < 4.78 is 31.1. The van der Waals surface area contributed by atoms with Crippen molar-refractivity contribution in [1.82, 2.24) is 0 Å². The molecular weight excluding hydrogens is 286 g/mol. The molecule has 2 aromatic carbocycles. The number of Topliss-reactive ketones (excluding diaryl/α,β-unsaturated/α-hetero) is 1. The monoisotopic (exact) mass is 296 g/mol. The van der Waals surface area contributed by atoms with Gasteiger partial charge in [0.15, 0.2) is 17.4 Å². The Morgan fingerprint density at radius 1 is 1.15 bits per heavy atom. The number of ether oxygens (including phenoxy) is 1. The van der Waals surface area contributed by atoms with Crippen molar-refractivity contribution >= 4 is 17.4 Å². The molecule has 2 aromatic rings. The molecule has 0 aliphatic heterocycles. The quantitative estimate of drug-likeness (QED) is 0.796. The molecule has 104 valence electrons. The number of methoxy groups -OCH3 is 1. The van der Waals surface area contributed by atoms with Crippen molar-refractivity contribution in [2.75, 3.05) is 7.11 Å². The van der Waals surface area contributed by atoms with Crippen molar-refractivity contribution in [3.8, 4) is 5.75 Å². The zero-order chi connectivity index (χ0) is 14.7. The molecule has 0 N–H and O–H groups in total. The second-order valence-corrected chi connectivity index (χ2v) is 4.62. The van der Waals surface area contributed by atoms with Crippen molar-refractivity contribution in [3.05, 3.63) is 64.2 Å². The predicted molar refractivity (Wildman–Crippen MR) is 72.4 cm³/mol. The Balaban J connectivity index is 2.27. The second kappa shape index (κ2) is 6.01. The van der Waals surface area contributed by atoms with Crippen molar-refractivity contribution in [2.24, 2.45) is 0 Å². The first kappa shape index (κ1) is 14.5. The van der Waals surface area contributed by atoms with Gasteiger partial charge in [-0.05, 0) is 36.4 Å². The lowest BCUT2D eigenvalue weighted by Crippen LogP contribution is -2.06. The maximum atomic E-state index is 13.1. The van der Waals surface area contributed by atoms with Crippen LogP contribution in [0.1, 0.15) is 15.9 Å². The Hall–Kier alpha value is -1.94. The van der Waals surface area contributed by atoms with Crippen LogP contribution in [-0.2, 0) is 6.42 Å². The summed E-state index contributed by atoms with van der Waals surface area (Å²) in [5.74, 6) is -1.86. The highest BCUT2D eigenvalue weighted by molar-refractivity contribution is 6.30. The first-order valence-corrected chi connectivity index (χ1v) is 6.19. The van der Waals surface area contributed by atoms with E-state index < -0.39 is 11.6 Å². The number of carbonyl (C=O) groups excluding carboxylic acids is 1. The van der Waals surface area contributed by atoms with E-state index in [1.54, 1.807) is 18.2 Å². The van der Waals surface area contributed by atoms with Gasteiger partial charge in [0.2, 0.25) is 0 Å². The van der Waals surface area contributed by atoms with E-state index in [0.29, 0.717) is 16.3 Å². The Labute approximate surface area is 119 Å². The molecule has 2 nitrogen and oxygen atoms in total. The van der Waals surface area contributed by atoms with Gasteiger partial charge in [0.05, 0.1) is 7.11 Å². The smallest absolute Gasteiger partial charge is 0.167 e.